The normalized spacial score (nSPS) is 12.2. The third-order valence-corrected chi connectivity index (χ3v) is 1.27. The number of aryl methyl sites for hydroxylation is 1. The van der Waals surface area contributed by atoms with Crippen LogP contribution < -0.4 is 0 Å². The van der Waals surface area contributed by atoms with E-state index in [1.54, 1.807) is 6.92 Å². The molecule has 0 bridgehead atoms. The maximum Gasteiger partial charge on any atom is 0.223 e. The maximum atomic E-state index is 4.75. The van der Waals surface area contributed by atoms with Gasteiger partial charge >= 0.3 is 0 Å². The van der Waals surface area contributed by atoms with Crippen molar-refractivity contribution in [3.63, 3.8) is 0 Å². The van der Waals surface area contributed by atoms with Crippen molar-refractivity contribution in [2.24, 2.45) is 4.99 Å². The number of isothiocyanates is 1. The fourth-order valence-electron chi connectivity index (χ4n) is 0.621. The summed E-state index contributed by atoms with van der Waals surface area (Å²) in [5.41, 5.74) is 0. The van der Waals surface area contributed by atoms with Gasteiger partial charge in [0, 0.05) is 6.92 Å². The highest BCUT2D eigenvalue weighted by molar-refractivity contribution is 7.78. The van der Waals surface area contributed by atoms with Gasteiger partial charge in [-0.15, -0.1) is 0 Å². The minimum absolute atomic E-state index is 0.162. The van der Waals surface area contributed by atoms with E-state index in [-0.39, 0.29) is 6.04 Å². The quantitative estimate of drug-likeness (QED) is 0.497. The van der Waals surface area contributed by atoms with Gasteiger partial charge in [0.2, 0.25) is 5.89 Å². The monoisotopic (exact) mass is 169 g/mol. The van der Waals surface area contributed by atoms with Gasteiger partial charge < -0.3 is 4.52 Å². The van der Waals surface area contributed by atoms with Gasteiger partial charge in [-0.25, -0.2) is 4.99 Å². The molecule has 0 saturated carbocycles. The molecule has 0 aliphatic rings. The van der Waals surface area contributed by atoms with Gasteiger partial charge in [0.25, 0.3) is 0 Å². The second-order valence-corrected chi connectivity index (χ2v) is 2.25. The molecular weight excluding hydrogens is 162 g/mol. The van der Waals surface area contributed by atoms with E-state index in [1.807, 2.05) is 6.92 Å². The Balaban J connectivity index is 2.84. The minimum atomic E-state index is -0.162. The molecule has 0 N–H and O–H groups in total. The summed E-state index contributed by atoms with van der Waals surface area (Å²) in [5.74, 6) is 1.08. The van der Waals surface area contributed by atoms with E-state index in [0.717, 1.165) is 0 Å². The van der Waals surface area contributed by atoms with E-state index in [2.05, 4.69) is 32.5 Å². The van der Waals surface area contributed by atoms with Crippen LogP contribution in [0.3, 0.4) is 0 Å². The first kappa shape index (κ1) is 8.04. The Bertz CT molecular complexity index is 290. The van der Waals surface area contributed by atoms with Crippen molar-refractivity contribution in [2.45, 2.75) is 19.9 Å². The van der Waals surface area contributed by atoms with Gasteiger partial charge in [-0.2, -0.15) is 4.98 Å². The lowest BCUT2D eigenvalue weighted by Gasteiger charge is -1.92. The molecule has 0 radical (unpaired) electrons. The molecule has 5 heteroatoms. The SMILES string of the molecule is Cc1nc([C@@H](C)N=C=S)no1. The fourth-order valence-corrected chi connectivity index (χ4v) is 0.780. The number of thiocarbonyl (C=S) groups is 1. The predicted octanol–water partition coefficient (Wildman–Crippen LogP) is 1.54. The zero-order valence-corrected chi connectivity index (χ0v) is 7.05. The van der Waals surface area contributed by atoms with Crippen LogP contribution in [0.25, 0.3) is 0 Å². The molecule has 0 saturated heterocycles. The summed E-state index contributed by atoms with van der Waals surface area (Å²) >= 11 is 4.43. The minimum Gasteiger partial charge on any atom is -0.340 e. The molecule has 1 heterocycles. The number of hydrogen-bond donors (Lipinski definition) is 0. The van der Waals surface area contributed by atoms with E-state index < -0.39 is 0 Å². The van der Waals surface area contributed by atoms with Crippen LogP contribution in [0.5, 0.6) is 0 Å². The van der Waals surface area contributed by atoms with Crippen molar-refractivity contribution < 1.29 is 4.52 Å². The van der Waals surface area contributed by atoms with Crippen LogP contribution in [0.2, 0.25) is 0 Å². The summed E-state index contributed by atoms with van der Waals surface area (Å²) in [6, 6.07) is -0.162. The van der Waals surface area contributed by atoms with E-state index >= 15 is 0 Å². The smallest absolute Gasteiger partial charge is 0.223 e. The van der Waals surface area contributed by atoms with Crippen LogP contribution in [-0.2, 0) is 0 Å². The molecule has 11 heavy (non-hydrogen) atoms. The lowest BCUT2D eigenvalue weighted by Crippen LogP contribution is -1.91. The predicted molar refractivity (Wildman–Crippen MR) is 42.5 cm³/mol. The molecule has 1 aromatic heterocycles. The Morgan fingerprint density at radius 1 is 1.73 bits per heavy atom. The highest BCUT2D eigenvalue weighted by Crippen LogP contribution is 2.10. The van der Waals surface area contributed by atoms with Gasteiger partial charge in [-0.3, -0.25) is 0 Å². The van der Waals surface area contributed by atoms with Crippen LogP contribution in [0.1, 0.15) is 24.7 Å². The molecule has 0 aromatic carbocycles. The van der Waals surface area contributed by atoms with E-state index in [0.29, 0.717) is 11.7 Å². The van der Waals surface area contributed by atoms with Crippen molar-refractivity contribution in [3.05, 3.63) is 11.7 Å². The Kier molecular flexibility index (Phi) is 2.46. The molecule has 0 fully saturated rings. The first-order chi connectivity index (χ1) is 5.24. The molecule has 4 nitrogen and oxygen atoms in total. The summed E-state index contributed by atoms with van der Waals surface area (Å²) < 4.78 is 4.75. The first-order valence-electron chi connectivity index (χ1n) is 3.11. The summed E-state index contributed by atoms with van der Waals surface area (Å²) in [6.45, 7) is 3.55. The lowest BCUT2D eigenvalue weighted by molar-refractivity contribution is 0.384. The Morgan fingerprint density at radius 3 is 2.91 bits per heavy atom. The number of nitrogens with zero attached hydrogens (tertiary/aromatic N) is 3. The van der Waals surface area contributed by atoms with Gasteiger partial charge in [0.05, 0.1) is 5.16 Å². The molecule has 1 aromatic rings. The standard InChI is InChI=1S/C6H7N3OS/c1-4(7-3-11)6-8-5(2)10-9-6/h4H,1-2H3/t4-/m1/s1. The summed E-state index contributed by atoms with van der Waals surface area (Å²) in [6.07, 6.45) is 0. The van der Waals surface area contributed by atoms with Crippen molar-refractivity contribution >= 4 is 17.4 Å². The third kappa shape index (κ3) is 1.93. The van der Waals surface area contributed by atoms with Crippen LogP contribution in [0.15, 0.2) is 9.52 Å². The van der Waals surface area contributed by atoms with Crippen LogP contribution in [0, 0.1) is 6.92 Å². The molecule has 1 rings (SSSR count). The number of rotatable bonds is 2. The third-order valence-electron chi connectivity index (χ3n) is 1.16. The van der Waals surface area contributed by atoms with Crippen LogP contribution in [0.4, 0.5) is 0 Å². The topological polar surface area (TPSA) is 51.3 Å². The summed E-state index contributed by atoms with van der Waals surface area (Å²) in [4.78, 5) is 7.76. The van der Waals surface area contributed by atoms with E-state index in [1.165, 1.54) is 0 Å². The van der Waals surface area contributed by atoms with Gasteiger partial charge in [0.1, 0.15) is 6.04 Å². The molecule has 0 aliphatic carbocycles. The average Bonchev–Trinajstić information content (AvgIpc) is 2.36. The van der Waals surface area contributed by atoms with Crippen LogP contribution >= 0.6 is 12.2 Å². The van der Waals surface area contributed by atoms with Gasteiger partial charge in [-0.05, 0) is 19.1 Å². The molecule has 0 amide bonds. The summed E-state index contributed by atoms with van der Waals surface area (Å²) in [7, 11) is 0. The van der Waals surface area contributed by atoms with Gasteiger partial charge in [0.15, 0.2) is 5.82 Å². The lowest BCUT2D eigenvalue weighted by atomic mass is 10.3. The zero-order chi connectivity index (χ0) is 8.27. The van der Waals surface area contributed by atoms with Crippen molar-refractivity contribution in [1.82, 2.24) is 10.1 Å². The average molecular weight is 169 g/mol. The van der Waals surface area contributed by atoms with Crippen molar-refractivity contribution in [1.29, 1.82) is 0 Å². The van der Waals surface area contributed by atoms with E-state index in [9.17, 15) is 0 Å². The Hall–Kier alpha value is -1.06. The number of aromatic nitrogens is 2. The highest BCUT2D eigenvalue weighted by atomic mass is 32.1. The second kappa shape index (κ2) is 3.37. The first-order valence-corrected chi connectivity index (χ1v) is 3.52. The molecule has 0 spiro atoms. The molecule has 58 valence electrons. The summed E-state index contributed by atoms with van der Waals surface area (Å²) in [5, 5.41) is 5.93. The van der Waals surface area contributed by atoms with Crippen molar-refractivity contribution in [2.75, 3.05) is 0 Å². The van der Waals surface area contributed by atoms with Gasteiger partial charge in [-0.1, -0.05) is 5.16 Å². The Labute approximate surface area is 69.3 Å². The van der Waals surface area contributed by atoms with E-state index in [4.69, 9.17) is 4.52 Å². The zero-order valence-electron chi connectivity index (χ0n) is 6.24. The molecular formula is C6H7N3OS. The number of hydrogen-bond acceptors (Lipinski definition) is 5. The Morgan fingerprint density at radius 2 is 2.45 bits per heavy atom. The second-order valence-electron chi connectivity index (χ2n) is 2.07. The molecule has 0 aliphatic heterocycles. The molecule has 0 unspecified atom stereocenters. The molecule has 1 atom stereocenters. The largest absolute Gasteiger partial charge is 0.340 e. The van der Waals surface area contributed by atoms with Crippen molar-refractivity contribution in [3.8, 4) is 0 Å². The highest BCUT2D eigenvalue weighted by Gasteiger charge is 2.09. The van der Waals surface area contributed by atoms with Crippen LogP contribution in [-0.4, -0.2) is 15.3 Å². The fraction of sp³-hybridized carbons (Fsp3) is 0.500. The number of aliphatic imine (C=N–C) groups is 1. The maximum absolute atomic E-state index is 4.75.